The van der Waals surface area contributed by atoms with Crippen LogP contribution in [0.5, 0.6) is 0 Å². The molecule has 3 rings (SSSR count). The third-order valence-corrected chi connectivity index (χ3v) is 5.28. The number of rotatable bonds is 5. The fourth-order valence-electron chi connectivity index (χ4n) is 3.60. The molecule has 1 unspecified atom stereocenters. The van der Waals surface area contributed by atoms with Gasteiger partial charge in [0.05, 0.1) is 6.10 Å². The number of hydrogen-bond donors (Lipinski definition) is 1. The van der Waals surface area contributed by atoms with Crippen LogP contribution in [0, 0.1) is 5.92 Å². The molecule has 0 saturated carbocycles. The van der Waals surface area contributed by atoms with Crippen LogP contribution in [-0.4, -0.2) is 39.6 Å². The number of aliphatic hydroxyl groups excluding tert-OH is 1. The SMILES string of the molecule is CC(C)(C)OC(=O)[C@@H]1[C@H](C(O)c2ccc(Cl)cc2)CC(=O)N1C(=O)OCc1ccccc1. The van der Waals surface area contributed by atoms with Crippen molar-refractivity contribution in [2.75, 3.05) is 0 Å². The van der Waals surface area contributed by atoms with Gasteiger partial charge < -0.3 is 14.6 Å². The fraction of sp³-hybridized carbons (Fsp3) is 0.375. The van der Waals surface area contributed by atoms with E-state index >= 15 is 0 Å². The molecule has 3 atom stereocenters. The monoisotopic (exact) mass is 459 g/mol. The van der Waals surface area contributed by atoms with E-state index < -0.39 is 41.6 Å². The van der Waals surface area contributed by atoms with Gasteiger partial charge in [-0.05, 0) is 44.0 Å². The molecule has 2 amide bonds. The number of carbonyl (C=O) groups excluding carboxylic acids is 3. The van der Waals surface area contributed by atoms with Crippen LogP contribution in [0.4, 0.5) is 4.79 Å². The fourth-order valence-corrected chi connectivity index (χ4v) is 3.72. The summed E-state index contributed by atoms with van der Waals surface area (Å²) in [6.45, 7) is 4.99. The number of nitrogens with zero attached hydrogens (tertiary/aromatic N) is 1. The second-order valence-corrected chi connectivity index (χ2v) is 9.08. The molecule has 8 heteroatoms. The van der Waals surface area contributed by atoms with Crippen LogP contribution >= 0.6 is 11.6 Å². The van der Waals surface area contributed by atoms with Gasteiger partial charge in [0.2, 0.25) is 5.91 Å². The van der Waals surface area contributed by atoms with Gasteiger partial charge in [-0.1, -0.05) is 54.1 Å². The Morgan fingerprint density at radius 1 is 1.12 bits per heavy atom. The number of likely N-dealkylation sites (tertiary alicyclic amines) is 1. The van der Waals surface area contributed by atoms with Crippen LogP contribution in [0.15, 0.2) is 54.6 Å². The normalized spacial score (nSPS) is 19.5. The molecule has 1 aliphatic heterocycles. The van der Waals surface area contributed by atoms with Crippen molar-refractivity contribution < 1.29 is 29.0 Å². The Morgan fingerprint density at radius 3 is 2.34 bits per heavy atom. The van der Waals surface area contributed by atoms with Crippen LogP contribution in [0.2, 0.25) is 5.02 Å². The number of imide groups is 1. The standard InChI is InChI=1S/C24H26ClNO6/c1-24(2,3)32-22(29)20-18(21(28)16-9-11-17(25)12-10-16)13-19(27)26(20)23(30)31-14-15-7-5-4-6-8-15/h4-12,18,20-21,28H,13-14H2,1-3H3/t18-,20+,21?/m1/s1. The van der Waals surface area contributed by atoms with Crippen molar-refractivity contribution in [3.63, 3.8) is 0 Å². The average molecular weight is 460 g/mol. The molecule has 0 aromatic heterocycles. The lowest BCUT2D eigenvalue weighted by Crippen LogP contribution is -2.48. The van der Waals surface area contributed by atoms with E-state index in [1.165, 1.54) is 0 Å². The Kier molecular flexibility index (Phi) is 7.21. The molecule has 0 radical (unpaired) electrons. The van der Waals surface area contributed by atoms with E-state index in [2.05, 4.69) is 0 Å². The second kappa shape index (κ2) is 9.71. The maximum absolute atomic E-state index is 13.0. The summed E-state index contributed by atoms with van der Waals surface area (Å²) < 4.78 is 10.8. The molecule has 0 aliphatic carbocycles. The molecule has 32 heavy (non-hydrogen) atoms. The van der Waals surface area contributed by atoms with E-state index in [9.17, 15) is 19.5 Å². The first-order valence-electron chi connectivity index (χ1n) is 10.3. The van der Waals surface area contributed by atoms with Crippen molar-refractivity contribution >= 4 is 29.6 Å². The van der Waals surface area contributed by atoms with E-state index in [1.807, 2.05) is 6.07 Å². The molecule has 2 aromatic carbocycles. The van der Waals surface area contributed by atoms with Crippen LogP contribution in [0.25, 0.3) is 0 Å². The Bertz CT molecular complexity index is 970. The highest BCUT2D eigenvalue weighted by Gasteiger charge is 2.52. The summed E-state index contributed by atoms with van der Waals surface area (Å²) in [7, 11) is 0. The van der Waals surface area contributed by atoms with E-state index in [4.69, 9.17) is 21.1 Å². The second-order valence-electron chi connectivity index (χ2n) is 8.65. The summed E-state index contributed by atoms with van der Waals surface area (Å²) in [6.07, 6.45) is -2.37. The van der Waals surface area contributed by atoms with E-state index in [-0.39, 0.29) is 13.0 Å². The minimum absolute atomic E-state index is 0.0606. The highest BCUT2D eigenvalue weighted by Crippen LogP contribution is 2.38. The Morgan fingerprint density at radius 2 is 1.75 bits per heavy atom. The molecule has 2 aromatic rings. The predicted molar refractivity (Wildman–Crippen MR) is 118 cm³/mol. The molecule has 1 N–H and O–H groups in total. The third kappa shape index (κ3) is 5.66. The quantitative estimate of drug-likeness (QED) is 0.671. The predicted octanol–water partition coefficient (Wildman–Crippen LogP) is 4.27. The molecule has 1 aliphatic rings. The van der Waals surface area contributed by atoms with E-state index in [1.54, 1.807) is 69.3 Å². The minimum atomic E-state index is -1.32. The van der Waals surface area contributed by atoms with Gasteiger partial charge in [0, 0.05) is 17.4 Å². The maximum Gasteiger partial charge on any atom is 0.417 e. The maximum atomic E-state index is 13.0. The van der Waals surface area contributed by atoms with Crippen molar-refractivity contribution in [2.24, 2.45) is 5.92 Å². The number of amides is 2. The minimum Gasteiger partial charge on any atom is -0.458 e. The highest BCUT2D eigenvalue weighted by molar-refractivity contribution is 6.30. The van der Waals surface area contributed by atoms with Crippen LogP contribution in [0.1, 0.15) is 44.4 Å². The van der Waals surface area contributed by atoms with Crippen molar-refractivity contribution in [3.8, 4) is 0 Å². The highest BCUT2D eigenvalue weighted by atomic mass is 35.5. The average Bonchev–Trinajstić information content (AvgIpc) is 3.09. The summed E-state index contributed by atoms with van der Waals surface area (Å²) in [5.74, 6) is -2.29. The van der Waals surface area contributed by atoms with Gasteiger partial charge in [-0.15, -0.1) is 0 Å². The lowest BCUT2D eigenvalue weighted by atomic mass is 9.89. The van der Waals surface area contributed by atoms with Crippen LogP contribution < -0.4 is 0 Å². The number of hydrogen-bond acceptors (Lipinski definition) is 6. The topological polar surface area (TPSA) is 93.1 Å². The summed E-state index contributed by atoms with van der Waals surface area (Å²) in [5.41, 5.74) is 0.359. The summed E-state index contributed by atoms with van der Waals surface area (Å²) >= 11 is 5.92. The smallest absolute Gasteiger partial charge is 0.417 e. The molecule has 0 bridgehead atoms. The summed E-state index contributed by atoms with van der Waals surface area (Å²) in [4.78, 5) is 39.4. The van der Waals surface area contributed by atoms with Gasteiger partial charge in [0.1, 0.15) is 18.2 Å². The Hall–Kier alpha value is -2.90. The van der Waals surface area contributed by atoms with Gasteiger partial charge in [0.25, 0.3) is 0 Å². The van der Waals surface area contributed by atoms with Crippen LogP contribution in [0.3, 0.4) is 0 Å². The number of aliphatic hydroxyl groups is 1. The van der Waals surface area contributed by atoms with Crippen LogP contribution in [-0.2, 0) is 25.7 Å². The summed E-state index contributed by atoms with van der Waals surface area (Å²) in [5, 5.41) is 11.5. The molecule has 1 heterocycles. The largest absolute Gasteiger partial charge is 0.458 e. The van der Waals surface area contributed by atoms with Crippen molar-refractivity contribution in [3.05, 3.63) is 70.7 Å². The Balaban J connectivity index is 1.86. The van der Waals surface area contributed by atoms with Gasteiger partial charge >= 0.3 is 12.1 Å². The van der Waals surface area contributed by atoms with E-state index in [0.29, 0.717) is 10.6 Å². The van der Waals surface area contributed by atoms with Gasteiger partial charge in [-0.3, -0.25) is 4.79 Å². The number of carbonyl (C=O) groups is 3. The lowest BCUT2D eigenvalue weighted by molar-refractivity contribution is -0.163. The first kappa shape index (κ1) is 23.8. The number of ether oxygens (including phenoxy) is 2. The molecule has 170 valence electrons. The third-order valence-electron chi connectivity index (χ3n) is 5.03. The number of halogens is 1. The zero-order valence-electron chi connectivity index (χ0n) is 18.2. The van der Waals surface area contributed by atoms with E-state index in [0.717, 1.165) is 10.5 Å². The zero-order chi connectivity index (χ0) is 23.5. The molecule has 0 spiro atoms. The lowest BCUT2D eigenvalue weighted by Gasteiger charge is -2.30. The first-order valence-corrected chi connectivity index (χ1v) is 10.6. The molecule has 7 nitrogen and oxygen atoms in total. The van der Waals surface area contributed by atoms with Gasteiger partial charge in [0.15, 0.2) is 0 Å². The molecule has 1 saturated heterocycles. The molecule has 1 fully saturated rings. The first-order chi connectivity index (χ1) is 15.1. The van der Waals surface area contributed by atoms with Crippen molar-refractivity contribution in [1.82, 2.24) is 4.90 Å². The molecular weight excluding hydrogens is 434 g/mol. The summed E-state index contributed by atoms with van der Waals surface area (Å²) in [6, 6.07) is 14.1. The Labute approximate surface area is 191 Å². The van der Waals surface area contributed by atoms with Crippen molar-refractivity contribution in [2.45, 2.75) is 51.5 Å². The van der Waals surface area contributed by atoms with Gasteiger partial charge in [-0.2, -0.15) is 0 Å². The van der Waals surface area contributed by atoms with Gasteiger partial charge in [-0.25, -0.2) is 14.5 Å². The molecular formula is C24H26ClNO6. The number of benzene rings is 2. The number of esters is 1. The van der Waals surface area contributed by atoms with Crippen molar-refractivity contribution in [1.29, 1.82) is 0 Å². The zero-order valence-corrected chi connectivity index (χ0v) is 18.9.